The molecule has 0 heterocycles. The van der Waals surface area contributed by atoms with Gasteiger partial charge in [0.1, 0.15) is 5.75 Å². The Balaban J connectivity index is 1.73. The molecule has 1 atom stereocenters. The van der Waals surface area contributed by atoms with E-state index in [2.05, 4.69) is 22.8 Å². The molecule has 2 rings (SSSR count). The van der Waals surface area contributed by atoms with Gasteiger partial charge in [-0.2, -0.15) is 0 Å². The third kappa shape index (κ3) is 5.66. The molecule has 2 N–H and O–H groups in total. The standard InChI is InChI=1S/C19H24N2O2/c1-15(12-13-16-8-4-3-5-9-16)21-19(22)20-14-17-10-6-7-11-18(17)23-2/h3-11,15H,12-14H2,1-2H3,(H2,20,21,22). The Morgan fingerprint density at radius 2 is 1.78 bits per heavy atom. The van der Waals surface area contributed by atoms with Crippen LogP contribution in [0.2, 0.25) is 0 Å². The zero-order chi connectivity index (χ0) is 16.5. The molecule has 0 aliphatic heterocycles. The van der Waals surface area contributed by atoms with Crippen molar-refractivity contribution in [2.75, 3.05) is 7.11 Å². The van der Waals surface area contributed by atoms with Gasteiger partial charge < -0.3 is 15.4 Å². The van der Waals surface area contributed by atoms with Gasteiger partial charge >= 0.3 is 6.03 Å². The van der Waals surface area contributed by atoms with Gasteiger partial charge in [0, 0.05) is 18.2 Å². The first-order chi connectivity index (χ1) is 11.2. The van der Waals surface area contributed by atoms with Gasteiger partial charge in [-0.1, -0.05) is 48.5 Å². The molecule has 0 spiro atoms. The smallest absolute Gasteiger partial charge is 0.315 e. The summed E-state index contributed by atoms with van der Waals surface area (Å²) in [5.74, 6) is 0.782. The Morgan fingerprint density at radius 1 is 1.09 bits per heavy atom. The number of ether oxygens (including phenoxy) is 1. The number of amides is 2. The molecule has 122 valence electrons. The first-order valence-corrected chi connectivity index (χ1v) is 7.89. The van der Waals surface area contributed by atoms with Crippen molar-refractivity contribution in [1.82, 2.24) is 10.6 Å². The lowest BCUT2D eigenvalue weighted by atomic mass is 10.1. The van der Waals surface area contributed by atoms with Gasteiger partial charge in [-0.05, 0) is 31.4 Å². The SMILES string of the molecule is COc1ccccc1CNC(=O)NC(C)CCc1ccccc1. The second-order valence-corrected chi connectivity index (χ2v) is 5.56. The van der Waals surface area contributed by atoms with Gasteiger partial charge in [0.25, 0.3) is 0 Å². The molecule has 0 fully saturated rings. The molecule has 0 radical (unpaired) electrons. The minimum atomic E-state index is -0.156. The number of benzene rings is 2. The normalized spacial score (nSPS) is 11.6. The molecule has 0 aliphatic carbocycles. The summed E-state index contributed by atoms with van der Waals surface area (Å²) in [5.41, 5.74) is 2.25. The van der Waals surface area contributed by atoms with Crippen LogP contribution in [0.4, 0.5) is 4.79 Å². The molecule has 0 aromatic heterocycles. The number of hydrogen-bond donors (Lipinski definition) is 2. The summed E-state index contributed by atoms with van der Waals surface area (Å²) in [6.45, 7) is 2.47. The molecule has 0 saturated heterocycles. The number of aryl methyl sites for hydroxylation is 1. The fraction of sp³-hybridized carbons (Fsp3) is 0.316. The number of hydrogen-bond acceptors (Lipinski definition) is 2. The van der Waals surface area contributed by atoms with Crippen LogP contribution < -0.4 is 15.4 Å². The molecule has 4 nitrogen and oxygen atoms in total. The van der Waals surface area contributed by atoms with Gasteiger partial charge in [0.2, 0.25) is 0 Å². The molecule has 2 aromatic carbocycles. The zero-order valence-corrected chi connectivity index (χ0v) is 13.7. The number of methoxy groups -OCH3 is 1. The summed E-state index contributed by atoms with van der Waals surface area (Å²) in [6, 6.07) is 17.9. The van der Waals surface area contributed by atoms with E-state index in [1.807, 2.05) is 49.4 Å². The topological polar surface area (TPSA) is 50.4 Å². The lowest BCUT2D eigenvalue weighted by Crippen LogP contribution is -2.40. The Morgan fingerprint density at radius 3 is 2.52 bits per heavy atom. The van der Waals surface area contributed by atoms with E-state index < -0.39 is 0 Å². The fourth-order valence-corrected chi connectivity index (χ4v) is 2.40. The van der Waals surface area contributed by atoms with Crippen LogP contribution in [0.25, 0.3) is 0 Å². The van der Waals surface area contributed by atoms with Gasteiger partial charge in [0.05, 0.1) is 7.11 Å². The van der Waals surface area contributed by atoms with Crippen molar-refractivity contribution in [3.8, 4) is 5.75 Å². The van der Waals surface area contributed by atoms with Crippen LogP contribution in [-0.2, 0) is 13.0 Å². The van der Waals surface area contributed by atoms with Crippen molar-refractivity contribution >= 4 is 6.03 Å². The van der Waals surface area contributed by atoms with Crippen molar-refractivity contribution in [2.24, 2.45) is 0 Å². The first kappa shape index (κ1) is 16.9. The average molecular weight is 312 g/mol. The Bertz CT molecular complexity index is 614. The summed E-state index contributed by atoms with van der Waals surface area (Å²) in [7, 11) is 1.63. The monoisotopic (exact) mass is 312 g/mol. The predicted octanol–water partition coefficient (Wildman–Crippen LogP) is 3.52. The number of carbonyl (C=O) groups is 1. The van der Waals surface area contributed by atoms with Gasteiger partial charge in [-0.25, -0.2) is 4.79 Å². The van der Waals surface area contributed by atoms with E-state index in [1.165, 1.54) is 5.56 Å². The van der Waals surface area contributed by atoms with Crippen LogP contribution in [0.1, 0.15) is 24.5 Å². The quantitative estimate of drug-likeness (QED) is 0.822. The minimum Gasteiger partial charge on any atom is -0.496 e. The summed E-state index contributed by atoms with van der Waals surface area (Å²) in [5, 5.41) is 5.84. The predicted molar refractivity (Wildman–Crippen MR) is 92.6 cm³/mol. The molecule has 1 unspecified atom stereocenters. The van der Waals surface area contributed by atoms with E-state index in [0.29, 0.717) is 6.54 Å². The second-order valence-electron chi connectivity index (χ2n) is 5.56. The van der Waals surface area contributed by atoms with E-state index in [0.717, 1.165) is 24.2 Å². The van der Waals surface area contributed by atoms with Crippen LogP contribution in [0.15, 0.2) is 54.6 Å². The first-order valence-electron chi connectivity index (χ1n) is 7.89. The summed E-state index contributed by atoms with van der Waals surface area (Å²) >= 11 is 0. The maximum atomic E-state index is 12.0. The summed E-state index contributed by atoms with van der Waals surface area (Å²) in [6.07, 6.45) is 1.86. The summed E-state index contributed by atoms with van der Waals surface area (Å²) < 4.78 is 5.27. The second kappa shape index (κ2) is 8.83. The van der Waals surface area contributed by atoms with Crippen LogP contribution in [0.3, 0.4) is 0 Å². The zero-order valence-electron chi connectivity index (χ0n) is 13.7. The molecule has 4 heteroatoms. The molecular weight excluding hydrogens is 288 g/mol. The Labute approximate surface area is 137 Å². The number of carbonyl (C=O) groups excluding carboxylic acids is 1. The van der Waals surface area contributed by atoms with Crippen LogP contribution in [-0.4, -0.2) is 19.2 Å². The molecular formula is C19H24N2O2. The van der Waals surface area contributed by atoms with Crippen molar-refractivity contribution in [1.29, 1.82) is 0 Å². The molecule has 0 aliphatic rings. The van der Waals surface area contributed by atoms with Crippen LogP contribution in [0.5, 0.6) is 5.75 Å². The van der Waals surface area contributed by atoms with Crippen molar-refractivity contribution in [3.63, 3.8) is 0 Å². The van der Waals surface area contributed by atoms with Gasteiger partial charge in [0.15, 0.2) is 0 Å². The van der Waals surface area contributed by atoms with Crippen molar-refractivity contribution < 1.29 is 9.53 Å². The largest absolute Gasteiger partial charge is 0.496 e. The number of urea groups is 1. The van der Waals surface area contributed by atoms with Crippen molar-refractivity contribution in [2.45, 2.75) is 32.4 Å². The van der Waals surface area contributed by atoms with Gasteiger partial charge in [-0.15, -0.1) is 0 Å². The van der Waals surface area contributed by atoms with Crippen LogP contribution in [0, 0.1) is 0 Å². The summed E-state index contributed by atoms with van der Waals surface area (Å²) in [4.78, 5) is 12.0. The van der Waals surface area contributed by atoms with E-state index in [9.17, 15) is 4.79 Å². The average Bonchev–Trinajstić information content (AvgIpc) is 2.59. The Hall–Kier alpha value is -2.49. The van der Waals surface area contributed by atoms with E-state index >= 15 is 0 Å². The van der Waals surface area contributed by atoms with Gasteiger partial charge in [-0.3, -0.25) is 0 Å². The third-order valence-corrected chi connectivity index (χ3v) is 3.72. The molecule has 2 amide bonds. The highest BCUT2D eigenvalue weighted by Crippen LogP contribution is 2.16. The van der Waals surface area contributed by atoms with Crippen LogP contribution >= 0.6 is 0 Å². The lowest BCUT2D eigenvalue weighted by Gasteiger charge is -2.15. The maximum absolute atomic E-state index is 12.0. The van der Waals surface area contributed by atoms with Crippen molar-refractivity contribution in [3.05, 3.63) is 65.7 Å². The highest BCUT2D eigenvalue weighted by Gasteiger charge is 2.08. The highest BCUT2D eigenvalue weighted by molar-refractivity contribution is 5.74. The number of para-hydroxylation sites is 1. The maximum Gasteiger partial charge on any atom is 0.315 e. The Kier molecular flexibility index (Phi) is 6.48. The number of nitrogens with one attached hydrogen (secondary N) is 2. The molecule has 2 aromatic rings. The number of rotatable bonds is 7. The van der Waals surface area contributed by atoms with E-state index in [4.69, 9.17) is 4.74 Å². The molecule has 23 heavy (non-hydrogen) atoms. The highest BCUT2D eigenvalue weighted by atomic mass is 16.5. The minimum absolute atomic E-state index is 0.118. The fourth-order valence-electron chi connectivity index (χ4n) is 2.40. The molecule has 0 bridgehead atoms. The van der Waals surface area contributed by atoms with E-state index in [-0.39, 0.29) is 12.1 Å². The third-order valence-electron chi connectivity index (χ3n) is 3.72. The molecule has 0 saturated carbocycles. The lowest BCUT2D eigenvalue weighted by molar-refractivity contribution is 0.236. The van der Waals surface area contributed by atoms with E-state index in [1.54, 1.807) is 7.11 Å².